The van der Waals surface area contributed by atoms with Crippen LogP contribution in [-0.4, -0.2) is 10.9 Å². The fourth-order valence-corrected chi connectivity index (χ4v) is 1.41. The third kappa shape index (κ3) is 2.04. The Balaban J connectivity index is 3.03. The van der Waals surface area contributed by atoms with E-state index in [-0.39, 0.29) is 0 Å². The van der Waals surface area contributed by atoms with Crippen molar-refractivity contribution in [3.8, 4) is 0 Å². The Bertz CT molecular complexity index is 273. The summed E-state index contributed by atoms with van der Waals surface area (Å²) in [4.78, 5) is 3.93. The maximum Gasteiger partial charge on any atom is 0.0474 e. The lowest BCUT2D eigenvalue weighted by Crippen LogP contribution is -1.86. The largest absolute Gasteiger partial charge is 0.264 e. The van der Waals surface area contributed by atoms with Gasteiger partial charge < -0.3 is 0 Å². The van der Waals surface area contributed by atoms with Crippen molar-refractivity contribution >= 4 is 33.1 Å². The fourth-order valence-electron chi connectivity index (χ4n) is 0.734. The predicted octanol–water partition coefficient (Wildman–Crippen LogP) is 3.10. The van der Waals surface area contributed by atoms with Crippen LogP contribution in [0.15, 0.2) is 29.5 Å². The van der Waals surface area contributed by atoms with Gasteiger partial charge in [0.25, 0.3) is 0 Å². The van der Waals surface area contributed by atoms with E-state index in [0.29, 0.717) is 5.88 Å². The smallest absolute Gasteiger partial charge is 0.0474 e. The van der Waals surface area contributed by atoms with Crippen LogP contribution in [0.5, 0.6) is 0 Å². The molecule has 0 unspecified atom stereocenters. The topological polar surface area (TPSA) is 12.9 Å². The molecule has 1 rings (SSSR count). The third-order valence-corrected chi connectivity index (χ3v) is 2.27. The van der Waals surface area contributed by atoms with Gasteiger partial charge in [0.1, 0.15) is 0 Å². The minimum absolute atomic E-state index is 0.447. The maximum atomic E-state index is 5.62. The molecule has 0 saturated carbocycles. The number of rotatable bonds is 2. The monoisotopic (exact) mass is 231 g/mol. The van der Waals surface area contributed by atoms with Crippen molar-refractivity contribution in [3.63, 3.8) is 0 Å². The van der Waals surface area contributed by atoms with Gasteiger partial charge in [0.15, 0.2) is 0 Å². The van der Waals surface area contributed by atoms with Gasteiger partial charge in [-0.2, -0.15) is 0 Å². The second-order valence-electron chi connectivity index (χ2n) is 2.09. The fraction of sp³-hybridized carbons (Fsp3) is 0.125. The molecule has 0 bridgehead atoms. The van der Waals surface area contributed by atoms with Gasteiger partial charge in [-0.3, -0.25) is 4.98 Å². The molecule has 11 heavy (non-hydrogen) atoms. The number of hydrogen-bond donors (Lipinski definition) is 0. The highest BCUT2D eigenvalue weighted by molar-refractivity contribution is 9.10. The van der Waals surface area contributed by atoms with E-state index >= 15 is 0 Å². The van der Waals surface area contributed by atoms with Gasteiger partial charge >= 0.3 is 0 Å². The Hall–Kier alpha value is -0.340. The molecule has 0 spiro atoms. The second kappa shape index (κ2) is 3.88. The van der Waals surface area contributed by atoms with Crippen molar-refractivity contribution < 1.29 is 0 Å². The standard InChI is InChI=1S/C8H7BrClN/c1-6(4-10)7-2-3-11-5-8(7)9/h2-3,5H,1,4H2. The molecule has 0 fully saturated rings. The molecule has 0 aliphatic rings. The highest BCUT2D eigenvalue weighted by Gasteiger charge is 2.00. The van der Waals surface area contributed by atoms with Crippen LogP contribution in [0.25, 0.3) is 5.57 Å². The van der Waals surface area contributed by atoms with E-state index in [1.54, 1.807) is 12.4 Å². The number of allylic oxidation sites excluding steroid dienone is 1. The maximum absolute atomic E-state index is 5.62. The summed E-state index contributed by atoms with van der Waals surface area (Å²) in [6.07, 6.45) is 3.45. The molecule has 0 N–H and O–H groups in total. The first-order chi connectivity index (χ1) is 5.25. The van der Waals surface area contributed by atoms with Crippen LogP contribution in [0.2, 0.25) is 0 Å². The Kier molecular flexibility index (Phi) is 3.09. The lowest BCUT2D eigenvalue weighted by Gasteiger charge is -2.02. The predicted molar refractivity (Wildman–Crippen MR) is 51.7 cm³/mol. The Morgan fingerprint density at radius 2 is 2.45 bits per heavy atom. The van der Waals surface area contributed by atoms with E-state index < -0.39 is 0 Å². The SMILES string of the molecule is C=C(CCl)c1ccncc1Br. The minimum Gasteiger partial charge on any atom is -0.264 e. The van der Waals surface area contributed by atoms with Crippen LogP contribution >= 0.6 is 27.5 Å². The number of nitrogens with zero attached hydrogens (tertiary/aromatic N) is 1. The Labute approximate surface area is 79.2 Å². The van der Waals surface area contributed by atoms with Crippen molar-refractivity contribution in [3.05, 3.63) is 35.1 Å². The summed E-state index contributed by atoms with van der Waals surface area (Å²) in [7, 11) is 0. The average molecular weight is 233 g/mol. The molecule has 0 radical (unpaired) electrons. The summed E-state index contributed by atoms with van der Waals surface area (Å²) in [5, 5.41) is 0. The van der Waals surface area contributed by atoms with E-state index in [1.165, 1.54) is 0 Å². The van der Waals surface area contributed by atoms with Crippen molar-refractivity contribution in [2.24, 2.45) is 0 Å². The molecular formula is C8H7BrClN. The van der Waals surface area contributed by atoms with E-state index in [2.05, 4.69) is 27.5 Å². The summed E-state index contributed by atoms with van der Waals surface area (Å²) in [6, 6.07) is 1.88. The highest BCUT2D eigenvalue weighted by atomic mass is 79.9. The molecule has 0 atom stereocenters. The summed E-state index contributed by atoms with van der Waals surface area (Å²) in [6.45, 7) is 3.81. The van der Waals surface area contributed by atoms with Gasteiger partial charge in [0, 0.05) is 22.7 Å². The van der Waals surface area contributed by atoms with E-state index in [1.807, 2.05) is 6.07 Å². The lowest BCUT2D eigenvalue weighted by molar-refractivity contribution is 1.29. The van der Waals surface area contributed by atoms with Crippen molar-refractivity contribution in [1.82, 2.24) is 4.98 Å². The molecule has 58 valence electrons. The third-order valence-electron chi connectivity index (χ3n) is 1.31. The van der Waals surface area contributed by atoms with Crippen LogP contribution in [0.4, 0.5) is 0 Å². The number of pyridine rings is 1. The molecule has 0 amide bonds. The summed E-state index contributed by atoms with van der Waals surface area (Å²) in [5.74, 6) is 0.447. The molecule has 1 heterocycles. The van der Waals surface area contributed by atoms with E-state index in [4.69, 9.17) is 11.6 Å². The van der Waals surface area contributed by atoms with Gasteiger partial charge in [0.2, 0.25) is 0 Å². The Morgan fingerprint density at radius 3 is 3.00 bits per heavy atom. The van der Waals surface area contributed by atoms with Crippen LogP contribution < -0.4 is 0 Å². The summed E-state index contributed by atoms with van der Waals surface area (Å²) in [5.41, 5.74) is 1.93. The van der Waals surface area contributed by atoms with Crippen molar-refractivity contribution in [1.29, 1.82) is 0 Å². The molecule has 1 aromatic heterocycles. The van der Waals surface area contributed by atoms with Crippen LogP contribution in [0.1, 0.15) is 5.56 Å². The van der Waals surface area contributed by atoms with Gasteiger partial charge in [-0.25, -0.2) is 0 Å². The zero-order valence-corrected chi connectivity index (χ0v) is 8.19. The molecule has 1 nitrogen and oxygen atoms in total. The number of aromatic nitrogens is 1. The lowest BCUT2D eigenvalue weighted by atomic mass is 10.1. The molecule has 0 aromatic carbocycles. The van der Waals surface area contributed by atoms with Gasteiger partial charge in [0.05, 0.1) is 0 Å². The molecule has 0 aliphatic heterocycles. The average Bonchev–Trinajstić information content (AvgIpc) is 2.04. The van der Waals surface area contributed by atoms with Gasteiger partial charge in [-0.1, -0.05) is 6.58 Å². The molecule has 1 aromatic rings. The molecule has 3 heteroatoms. The zero-order chi connectivity index (χ0) is 8.27. The zero-order valence-electron chi connectivity index (χ0n) is 5.85. The van der Waals surface area contributed by atoms with E-state index in [0.717, 1.165) is 15.6 Å². The normalized spacial score (nSPS) is 9.64. The minimum atomic E-state index is 0.447. The number of alkyl halides is 1. The first kappa shape index (κ1) is 8.75. The van der Waals surface area contributed by atoms with Crippen LogP contribution in [0.3, 0.4) is 0 Å². The highest BCUT2D eigenvalue weighted by Crippen LogP contribution is 2.22. The molecule has 0 aliphatic carbocycles. The Morgan fingerprint density at radius 1 is 1.73 bits per heavy atom. The first-order valence-electron chi connectivity index (χ1n) is 3.09. The van der Waals surface area contributed by atoms with Crippen LogP contribution in [-0.2, 0) is 0 Å². The van der Waals surface area contributed by atoms with Gasteiger partial charge in [-0.15, -0.1) is 11.6 Å². The first-order valence-corrected chi connectivity index (χ1v) is 4.42. The van der Waals surface area contributed by atoms with Crippen LogP contribution in [0, 0.1) is 0 Å². The summed E-state index contributed by atoms with van der Waals surface area (Å²) >= 11 is 8.97. The number of hydrogen-bond acceptors (Lipinski definition) is 1. The van der Waals surface area contributed by atoms with Crippen molar-refractivity contribution in [2.45, 2.75) is 0 Å². The van der Waals surface area contributed by atoms with Gasteiger partial charge in [-0.05, 0) is 33.1 Å². The number of halogens is 2. The van der Waals surface area contributed by atoms with Crippen molar-refractivity contribution in [2.75, 3.05) is 5.88 Å². The quantitative estimate of drug-likeness (QED) is 0.714. The molecule has 0 saturated heterocycles. The molecular weight excluding hydrogens is 225 g/mol. The summed E-state index contributed by atoms with van der Waals surface area (Å²) < 4.78 is 0.936. The second-order valence-corrected chi connectivity index (χ2v) is 3.21. The van der Waals surface area contributed by atoms with E-state index in [9.17, 15) is 0 Å².